The van der Waals surface area contributed by atoms with E-state index in [0.717, 1.165) is 6.07 Å². The molecule has 0 aliphatic rings. The molecule has 0 amide bonds. The Kier molecular flexibility index (Phi) is 2.80. The molecule has 1 aromatic carbocycles. The fraction of sp³-hybridized carbons (Fsp3) is 0.125. The molecule has 0 atom stereocenters. The minimum atomic E-state index is -4.62. The van der Waals surface area contributed by atoms with Crippen LogP contribution in [0.5, 0.6) is 0 Å². The molecule has 0 aliphatic carbocycles. The molecule has 14 heavy (non-hydrogen) atoms. The molecule has 6 heteroatoms. The van der Waals surface area contributed by atoms with Gasteiger partial charge in [0.15, 0.2) is 0 Å². The Hall–Kier alpha value is -1.10. The van der Waals surface area contributed by atoms with Gasteiger partial charge in [0, 0.05) is 0 Å². The standard InChI is InChI=1S/C8H3ClF4O/c9-6-2-1-4(8(11,12)13)3-5(6)7(10)14/h1-3H. The molecule has 1 aromatic rings. The molecule has 0 radical (unpaired) electrons. The van der Waals surface area contributed by atoms with E-state index < -0.39 is 23.3 Å². The van der Waals surface area contributed by atoms with Crippen LogP contribution in [-0.2, 0) is 6.18 Å². The van der Waals surface area contributed by atoms with Crippen LogP contribution in [-0.4, -0.2) is 6.04 Å². The molecule has 76 valence electrons. The fourth-order valence-corrected chi connectivity index (χ4v) is 1.04. The van der Waals surface area contributed by atoms with Gasteiger partial charge in [0.1, 0.15) is 0 Å². The van der Waals surface area contributed by atoms with Crippen molar-refractivity contribution in [3.63, 3.8) is 0 Å². The Labute approximate surface area is 81.3 Å². The third-order valence-electron chi connectivity index (χ3n) is 1.51. The second kappa shape index (κ2) is 3.57. The number of hydrogen-bond donors (Lipinski definition) is 0. The van der Waals surface area contributed by atoms with E-state index in [0.29, 0.717) is 12.1 Å². The third-order valence-corrected chi connectivity index (χ3v) is 1.84. The topological polar surface area (TPSA) is 17.1 Å². The van der Waals surface area contributed by atoms with Crippen molar-refractivity contribution in [2.24, 2.45) is 0 Å². The third kappa shape index (κ3) is 2.23. The molecular formula is C8H3ClF4O. The van der Waals surface area contributed by atoms with E-state index >= 15 is 0 Å². The molecular weight excluding hydrogens is 224 g/mol. The summed E-state index contributed by atoms with van der Waals surface area (Å²) in [5, 5.41) is -0.342. The maximum Gasteiger partial charge on any atom is 0.416 e. The summed E-state index contributed by atoms with van der Waals surface area (Å²) in [7, 11) is 0. The lowest BCUT2D eigenvalue weighted by atomic mass is 10.1. The lowest BCUT2D eigenvalue weighted by Crippen LogP contribution is -2.06. The van der Waals surface area contributed by atoms with Gasteiger partial charge in [-0.3, -0.25) is 4.79 Å². The lowest BCUT2D eigenvalue weighted by Gasteiger charge is -2.07. The molecule has 0 N–H and O–H groups in total. The summed E-state index contributed by atoms with van der Waals surface area (Å²) in [6.45, 7) is 0. The van der Waals surface area contributed by atoms with Crippen LogP contribution in [0, 0.1) is 0 Å². The lowest BCUT2D eigenvalue weighted by molar-refractivity contribution is -0.137. The Balaban J connectivity index is 3.27. The number of carbonyl (C=O) groups excluding carboxylic acids is 1. The Bertz CT molecular complexity index is 372. The molecule has 0 bridgehead atoms. The second-order valence-electron chi connectivity index (χ2n) is 2.47. The molecule has 0 aliphatic heterocycles. The Morgan fingerprint density at radius 3 is 2.29 bits per heavy atom. The zero-order valence-corrected chi connectivity index (χ0v) is 7.29. The summed E-state index contributed by atoms with van der Waals surface area (Å²) < 4.78 is 48.4. The fourth-order valence-electron chi connectivity index (χ4n) is 0.852. The molecule has 0 heterocycles. The maximum atomic E-state index is 12.2. The van der Waals surface area contributed by atoms with Crippen LogP contribution in [0.25, 0.3) is 0 Å². The van der Waals surface area contributed by atoms with Crippen molar-refractivity contribution in [1.29, 1.82) is 0 Å². The number of carbonyl (C=O) groups is 1. The number of alkyl halides is 3. The molecule has 0 aromatic heterocycles. The normalized spacial score (nSPS) is 11.5. The van der Waals surface area contributed by atoms with Crippen LogP contribution < -0.4 is 0 Å². The van der Waals surface area contributed by atoms with Crippen LogP contribution in [0.3, 0.4) is 0 Å². The maximum absolute atomic E-state index is 12.2. The van der Waals surface area contributed by atoms with Gasteiger partial charge in [0.05, 0.1) is 16.1 Å². The largest absolute Gasteiger partial charge is 0.416 e. The van der Waals surface area contributed by atoms with Gasteiger partial charge in [-0.05, 0) is 18.2 Å². The van der Waals surface area contributed by atoms with Crippen molar-refractivity contribution in [2.75, 3.05) is 0 Å². The number of rotatable bonds is 1. The highest BCUT2D eigenvalue weighted by molar-refractivity contribution is 6.33. The van der Waals surface area contributed by atoms with Crippen molar-refractivity contribution in [3.8, 4) is 0 Å². The highest BCUT2D eigenvalue weighted by atomic mass is 35.5. The van der Waals surface area contributed by atoms with Crippen molar-refractivity contribution in [1.82, 2.24) is 0 Å². The van der Waals surface area contributed by atoms with Gasteiger partial charge < -0.3 is 0 Å². The van der Waals surface area contributed by atoms with E-state index in [1.165, 1.54) is 0 Å². The van der Waals surface area contributed by atoms with Crippen LogP contribution in [0.1, 0.15) is 15.9 Å². The molecule has 0 saturated heterocycles. The predicted octanol–water partition coefficient (Wildman–Crippen LogP) is 3.47. The first kappa shape index (κ1) is 11.0. The molecule has 0 fully saturated rings. The average Bonchev–Trinajstić information content (AvgIpc) is 2.02. The van der Waals surface area contributed by atoms with E-state index in [-0.39, 0.29) is 5.02 Å². The first-order chi connectivity index (χ1) is 6.32. The number of benzene rings is 1. The summed E-state index contributed by atoms with van der Waals surface area (Å²) in [4.78, 5) is 10.2. The van der Waals surface area contributed by atoms with Gasteiger partial charge in [-0.25, -0.2) is 0 Å². The molecule has 1 nitrogen and oxygen atoms in total. The summed E-state index contributed by atoms with van der Waals surface area (Å²) >= 11 is 5.31. The van der Waals surface area contributed by atoms with Crippen molar-refractivity contribution in [2.45, 2.75) is 6.18 Å². The van der Waals surface area contributed by atoms with E-state index in [9.17, 15) is 22.4 Å². The van der Waals surface area contributed by atoms with Crippen molar-refractivity contribution in [3.05, 3.63) is 34.3 Å². The first-order valence-corrected chi connectivity index (χ1v) is 3.77. The van der Waals surface area contributed by atoms with Gasteiger partial charge in [-0.15, -0.1) is 0 Å². The summed E-state index contributed by atoms with van der Waals surface area (Å²) in [5.41, 5.74) is -1.88. The van der Waals surface area contributed by atoms with E-state index in [1.807, 2.05) is 0 Å². The predicted molar refractivity (Wildman–Crippen MR) is 41.9 cm³/mol. The van der Waals surface area contributed by atoms with Crippen LogP contribution in [0.2, 0.25) is 5.02 Å². The van der Waals surface area contributed by atoms with Crippen molar-refractivity contribution >= 4 is 17.6 Å². The van der Waals surface area contributed by atoms with Gasteiger partial charge in [0.2, 0.25) is 0 Å². The minimum absolute atomic E-state index is 0.342. The Morgan fingerprint density at radius 1 is 1.29 bits per heavy atom. The van der Waals surface area contributed by atoms with E-state index in [4.69, 9.17) is 11.6 Å². The van der Waals surface area contributed by atoms with Gasteiger partial charge in [-0.2, -0.15) is 17.6 Å². The molecule has 1 rings (SSSR count). The van der Waals surface area contributed by atoms with Gasteiger partial charge in [0.25, 0.3) is 0 Å². The van der Waals surface area contributed by atoms with E-state index in [1.54, 1.807) is 0 Å². The van der Waals surface area contributed by atoms with Gasteiger partial charge >= 0.3 is 12.2 Å². The zero-order valence-electron chi connectivity index (χ0n) is 6.53. The summed E-state index contributed by atoms with van der Waals surface area (Å²) in [6, 6.07) is -0.0995. The SMILES string of the molecule is O=C(F)c1cc(C(F)(F)F)ccc1Cl. The Morgan fingerprint density at radius 2 is 1.86 bits per heavy atom. The smallest absolute Gasteiger partial charge is 0.255 e. The summed E-state index contributed by atoms with van der Waals surface area (Å²) in [5.74, 6) is 0. The molecule has 0 spiro atoms. The molecule has 0 unspecified atom stereocenters. The van der Waals surface area contributed by atoms with E-state index in [2.05, 4.69) is 0 Å². The highest BCUT2D eigenvalue weighted by Gasteiger charge is 2.31. The van der Waals surface area contributed by atoms with Crippen LogP contribution >= 0.6 is 11.6 Å². The number of halogens is 5. The van der Waals surface area contributed by atoms with Crippen LogP contribution in [0.15, 0.2) is 18.2 Å². The summed E-state index contributed by atoms with van der Waals surface area (Å²) in [6.07, 6.45) is -4.62. The monoisotopic (exact) mass is 226 g/mol. The minimum Gasteiger partial charge on any atom is -0.255 e. The van der Waals surface area contributed by atoms with Gasteiger partial charge in [-0.1, -0.05) is 11.6 Å². The quantitative estimate of drug-likeness (QED) is 0.529. The second-order valence-corrected chi connectivity index (χ2v) is 2.87. The average molecular weight is 227 g/mol. The number of hydrogen-bond acceptors (Lipinski definition) is 1. The van der Waals surface area contributed by atoms with Crippen LogP contribution in [0.4, 0.5) is 17.6 Å². The highest BCUT2D eigenvalue weighted by Crippen LogP contribution is 2.31. The molecule has 0 saturated carbocycles. The van der Waals surface area contributed by atoms with Crippen molar-refractivity contribution < 1.29 is 22.4 Å². The first-order valence-electron chi connectivity index (χ1n) is 3.39. The zero-order chi connectivity index (χ0) is 10.9.